The highest BCUT2D eigenvalue weighted by Crippen LogP contribution is 2.26. The molecule has 18 heavy (non-hydrogen) atoms. The van der Waals surface area contributed by atoms with Crippen LogP contribution in [0.4, 0.5) is 4.39 Å². The van der Waals surface area contributed by atoms with Gasteiger partial charge in [0.25, 0.3) is 0 Å². The van der Waals surface area contributed by atoms with Gasteiger partial charge in [-0.3, -0.25) is 4.79 Å². The summed E-state index contributed by atoms with van der Waals surface area (Å²) in [5.41, 5.74) is 2.38. The molecule has 0 heterocycles. The smallest absolute Gasteiger partial charge is 0.155 e. The van der Waals surface area contributed by atoms with Crippen molar-refractivity contribution in [3.05, 3.63) is 47.3 Å². The lowest BCUT2D eigenvalue weighted by molar-refractivity contribution is -0.116. The predicted octanol–water partition coefficient (Wildman–Crippen LogP) is 4.07. The number of carbonyl (C=O) groups is 1. The van der Waals surface area contributed by atoms with Gasteiger partial charge in [0, 0.05) is 6.42 Å². The average Bonchev–Trinajstić information content (AvgIpc) is 2.30. The van der Waals surface area contributed by atoms with Crippen molar-refractivity contribution in [3.63, 3.8) is 0 Å². The molecule has 1 aromatic rings. The first-order chi connectivity index (χ1) is 8.63. The molecule has 1 nitrogen and oxygen atoms in total. The van der Waals surface area contributed by atoms with E-state index in [1.807, 2.05) is 19.1 Å². The van der Waals surface area contributed by atoms with Crippen LogP contribution >= 0.6 is 0 Å². The van der Waals surface area contributed by atoms with Gasteiger partial charge < -0.3 is 0 Å². The molecular weight excluding hydrogens is 227 g/mol. The highest BCUT2D eigenvalue weighted by atomic mass is 19.1. The number of hydrogen-bond acceptors (Lipinski definition) is 1. The molecule has 1 unspecified atom stereocenters. The molecule has 1 aromatic carbocycles. The zero-order valence-electron chi connectivity index (χ0n) is 10.8. The highest BCUT2D eigenvalue weighted by Gasteiger charge is 2.17. The minimum Gasteiger partial charge on any atom is -0.295 e. The van der Waals surface area contributed by atoms with E-state index in [1.54, 1.807) is 6.08 Å². The number of hydrogen-bond donors (Lipinski definition) is 0. The molecule has 1 aliphatic rings. The second-order valence-electron chi connectivity index (χ2n) is 5.25. The van der Waals surface area contributed by atoms with Gasteiger partial charge in [-0.15, -0.1) is 0 Å². The van der Waals surface area contributed by atoms with E-state index in [0.29, 0.717) is 12.3 Å². The van der Waals surface area contributed by atoms with Gasteiger partial charge in [-0.2, -0.15) is 0 Å². The normalized spacial score (nSPS) is 19.8. The first kappa shape index (κ1) is 13.0. The van der Waals surface area contributed by atoms with Gasteiger partial charge in [0.1, 0.15) is 5.82 Å². The lowest BCUT2D eigenvalue weighted by atomic mass is 9.85. The average molecular weight is 246 g/mol. The van der Waals surface area contributed by atoms with Gasteiger partial charge in [-0.1, -0.05) is 17.7 Å². The fraction of sp³-hybridized carbons (Fsp3) is 0.438. The predicted molar refractivity (Wildman–Crippen MR) is 70.8 cm³/mol. The summed E-state index contributed by atoms with van der Waals surface area (Å²) < 4.78 is 12.7. The standard InChI is InChI=1S/C16H19FO/c1-12-9-14(11-16(18)10-12)4-2-3-13-5-7-15(17)8-6-13/h5-8,10,14H,2-4,9,11H2,1H3. The van der Waals surface area contributed by atoms with Gasteiger partial charge in [0.05, 0.1) is 0 Å². The van der Waals surface area contributed by atoms with E-state index in [4.69, 9.17) is 0 Å². The minimum atomic E-state index is -0.183. The Morgan fingerprint density at radius 3 is 2.61 bits per heavy atom. The Morgan fingerprint density at radius 1 is 1.22 bits per heavy atom. The topological polar surface area (TPSA) is 17.1 Å². The molecule has 0 spiro atoms. The van der Waals surface area contributed by atoms with E-state index in [9.17, 15) is 9.18 Å². The van der Waals surface area contributed by atoms with Gasteiger partial charge >= 0.3 is 0 Å². The number of halogens is 1. The summed E-state index contributed by atoms with van der Waals surface area (Å²) in [6, 6.07) is 6.69. The number of rotatable bonds is 4. The number of aryl methyl sites for hydroxylation is 1. The van der Waals surface area contributed by atoms with E-state index in [2.05, 4.69) is 0 Å². The zero-order chi connectivity index (χ0) is 13.0. The molecular formula is C16H19FO. The van der Waals surface area contributed by atoms with E-state index >= 15 is 0 Å². The first-order valence-electron chi connectivity index (χ1n) is 6.58. The molecule has 2 heteroatoms. The molecule has 0 radical (unpaired) electrons. The van der Waals surface area contributed by atoms with Crippen molar-refractivity contribution < 1.29 is 9.18 Å². The maximum atomic E-state index is 12.7. The van der Waals surface area contributed by atoms with E-state index in [1.165, 1.54) is 23.3 Å². The van der Waals surface area contributed by atoms with Crippen molar-refractivity contribution in [1.82, 2.24) is 0 Å². The first-order valence-corrected chi connectivity index (χ1v) is 6.58. The van der Waals surface area contributed by atoms with Crippen LogP contribution in [0.15, 0.2) is 35.9 Å². The molecule has 0 saturated carbocycles. The summed E-state index contributed by atoms with van der Waals surface area (Å²) in [6.07, 6.45) is 6.63. The molecule has 0 aliphatic heterocycles. The van der Waals surface area contributed by atoms with Crippen LogP contribution in [0.25, 0.3) is 0 Å². The summed E-state index contributed by atoms with van der Waals surface area (Å²) in [5.74, 6) is 0.589. The fourth-order valence-electron chi connectivity index (χ4n) is 2.65. The third-order valence-electron chi connectivity index (χ3n) is 3.50. The van der Waals surface area contributed by atoms with Crippen molar-refractivity contribution in [2.24, 2.45) is 5.92 Å². The quantitative estimate of drug-likeness (QED) is 0.782. The molecule has 1 atom stereocenters. The monoisotopic (exact) mass is 246 g/mol. The number of benzene rings is 1. The molecule has 1 aliphatic carbocycles. The Hall–Kier alpha value is -1.44. The third kappa shape index (κ3) is 3.80. The summed E-state index contributed by atoms with van der Waals surface area (Å²) in [5, 5.41) is 0. The Kier molecular flexibility index (Phi) is 4.29. The van der Waals surface area contributed by atoms with Crippen LogP contribution in [-0.4, -0.2) is 5.78 Å². The minimum absolute atomic E-state index is 0.183. The molecule has 0 aromatic heterocycles. The van der Waals surface area contributed by atoms with Crippen molar-refractivity contribution in [1.29, 1.82) is 0 Å². The summed E-state index contributed by atoms with van der Waals surface area (Å²) in [7, 11) is 0. The van der Waals surface area contributed by atoms with Crippen LogP contribution < -0.4 is 0 Å². The van der Waals surface area contributed by atoms with Crippen molar-refractivity contribution in [2.75, 3.05) is 0 Å². The van der Waals surface area contributed by atoms with Gasteiger partial charge in [0.15, 0.2) is 5.78 Å². The molecule has 0 amide bonds. The Labute approximate surface area is 108 Å². The van der Waals surface area contributed by atoms with Gasteiger partial charge in [-0.25, -0.2) is 4.39 Å². The fourth-order valence-corrected chi connectivity index (χ4v) is 2.65. The van der Waals surface area contributed by atoms with Crippen molar-refractivity contribution in [2.45, 2.75) is 39.0 Å². The summed E-state index contributed by atoms with van der Waals surface area (Å²) in [6.45, 7) is 2.03. The number of ketones is 1. The van der Waals surface area contributed by atoms with E-state index < -0.39 is 0 Å². The molecule has 0 fully saturated rings. The zero-order valence-corrected chi connectivity index (χ0v) is 10.8. The summed E-state index contributed by atoms with van der Waals surface area (Å²) in [4.78, 5) is 11.4. The highest BCUT2D eigenvalue weighted by molar-refractivity contribution is 5.91. The number of allylic oxidation sites excluding steroid dienone is 2. The van der Waals surface area contributed by atoms with Gasteiger partial charge in [0.2, 0.25) is 0 Å². The van der Waals surface area contributed by atoms with Gasteiger partial charge in [-0.05, 0) is 62.3 Å². The van der Waals surface area contributed by atoms with Crippen LogP contribution in [0.1, 0.15) is 38.2 Å². The molecule has 0 N–H and O–H groups in total. The van der Waals surface area contributed by atoms with Crippen molar-refractivity contribution in [3.8, 4) is 0 Å². The van der Waals surface area contributed by atoms with E-state index in [-0.39, 0.29) is 11.6 Å². The largest absolute Gasteiger partial charge is 0.295 e. The Balaban J connectivity index is 1.77. The van der Waals surface area contributed by atoms with Crippen LogP contribution in [0.3, 0.4) is 0 Å². The molecule has 96 valence electrons. The van der Waals surface area contributed by atoms with Crippen molar-refractivity contribution >= 4 is 5.78 Å². The SMILES string of the molecule is CC1=CC(=O)CC(CCCc2ccc(F)cc2)C1. The van der Waals surface area contributed by atoms with E-state index in [0.717, 1.165) is 25.7 Å². The van der Waals surface area contributed by atoms with Crippen LogP contribution in [-0.2, 0) is 11.2 Å². The lowest BCUT2D eigenvalue weighted by Gasteiger charge is -2.19. The molecule has 0 saturated heterocycles. The summed E-state index contributed by atoms with van der Waals surface area (Å²) >= 11 is 0. The lowest BCUT2D eigenvalue weighted by Crippen LogP contribution is -2.13. The molecule has 2 rings (SSSR count). The Bertz CT molecular complexity index is 445. The maximum absolute atomic E-state index is 12.7. The second kappa shape index (κ2) is 5.94. The maximum Gasteiger partial charge on any atom is 0.155 e. The molecule has 0 bridgehead atoms. The van der Waals surface area contributed by atoms with Crippen LogP contribution in [0, 0.1) is 11.7 Å². The number of carbonyl (C=O) groups excluding carboxylic acids is 1. The van der Waals surface area contributed by atoms with Crippen LogP contribution in [0.5, 0.6) is 0 Å². The van der Waals surface area contributed by atoms with Crippen LogP contribution in [0.2, 0.25) is 0 Å². The third-order valence-corrected chi connectivity index (χ3v) is 3.50. The Morgan fingerprint density at radius 2 is 1.94 bits per heavy atom. The second-order valence-corrected chi connectivity index (χ2v) is 5.25.